The van der Waals surface area contributed by atoms with Gasteiger partial charge in [0, 0.05) is 12.1 Å². The molecule has 0 spiro atoms. The molecule has 0 fully saturated rings. The molecule has 1 N–H and O–H groups in total. The Kier molecular flexibility index (Phi) is 7.44. The minimum absolute atomic E-state index is 0.0652. The van der Waals surface area contributed by atoms with Crippen molar-refractivity contribution < 1.29 is 37.4 Å². The molecule has 0 radical (unpaired) electrons. The molecule has 0 atom stereocenters. The third kappa shape index (κ3) is 6.04. The van der Waals surface area contributed by atoms with Crippen LogP contribution >= 0.6 is 0 Å². The van der Waals surface area contributed by atoms with Crippen LogP contribution in [0.15, 0.2) is 42.5 Å². The van der Waals surface area contributed by atoms with Gasteiger partial charge in [-0.15, -0.1) is 0 Å². The van der Waals surface area contributed by atoms with E-state index in [-0.39, 0.29) is 23.6 Å². The Hall–Kier alpha value is -3.49. The molecule has 7 nitrogen and oxygen atoms in total. The zero-order valence-corrected chi connectivity index (χ0v) is 14.8. The molecular weight excluding hydrogens is 376 g/mol. The number of hydrogen-bond acceptors (Lipinski definition) is 6. The second kappa shape index (κ2) is 10.0. The lowest BCUT2D eigenvalue weighted by molar-refractivity contribution is -0.124. The zero-order valence-electron chi connectivity index (χ0n) is 14.8. The topological polar surface area (TPSA) is 90.9 Å². The van der Waals surface area contributed by atoms with Gasteiger partial charge in [-0.25, -0.2) is 4.79 Å². The fraction of sp³-hybridized carbons (Fsp3) is 0.211. The van der Waals surface area contributed by atoms with E-state index in [9.17, 15) is 23.2 Å². The molecule has 0 bridgehead atoms. The number of methoxy groups -OCH3 is 1. The molecule has 9 heteroatoms. The number of esters is 1. The number of amides is 1. The number of alkyl halides is 2. The summed E-state index contributed by atoms with van der Waals surface area (Å²) < 4.78 is 38.8. The minimum Gasteiger partial charge on any atom is -0.493 e. The third-order valence-corrected chi connectivity index (χ3v) is 3.55. The van der Waals surface area contributed by atoms with Crippen molar-refractivity contribution in [1.82, 2.24) is 5.32 Å². The number of ether oxygens (including phenoxy) is 3. The van der Waals surface area contributed by atoms with Gasteiger partial charge < -0.3 is 19.5 Å². The van der Waals surface area contributed by atoms with Crippen LogP contribution in [0.25, 0.3) is 0 Å². The van der Waals surface area contributed by atoms with E-state index in [0.717, 1.165) is 0 Å². The maximum Gasteiger partial charge on any atom is 0.387 e. The van der Waals surface area contributed by atoms with Crippen molar-refractivity contribution in [2.45, 2.75) is 13.2 Å². The summed E-state index contributed by atoms with van der Waals surface area (Å²) in [5, 5.41) is 2.53. The van der Waals surface area contributed by atoms with E-state index in [2.05, 4.69) is 10.1 Å². The highest BCUT2D eigenvalue weighted by molar-refractivity contribution is 5.92. The molecule has 0 saturated heterocycles. The average molecular weight is 393 g/mol. The maximum absolute atomic E-state index is 12.3. The molecule has 2 aromatic carbocycles. The number of hydrogen-bond donors (Lipinski definition) is 1. The van der Waals surface area contributed by atoms with Gasteiger partial charge in [-0.2, -0.15) is 8.78 Å². The van der Waals surface area contributed by atoms with Crippen LogP contribution in [0.5, 0.6) is 11.5 Å². The maximum atomic E-state index is 12.3. The fourth-order valence-electron chi connectivity index (χ4n) is 2.18. The Morgan fingerprint density at radius 1 is 1.11 bits per heavy atom. The van der Waals surface area contributed by atoms with E-state index in [1.807, 2.05) is 0 Å². The smallest absolute Gasteiger partial charge is 0.387 e. The van der Waals surface area contributed by atoms with Gasteiger partial charge in [0.2, 0.25) is 0 Å². The summed E-state index contributed by atoms with van der Waals surface area (Å²) in [7, 11) is 1.30. The molecule has 0 aliphatic carbocycles. The largest absolute Gasteiger partial charge is 0.493 e. The van der Waals surface area contributed by atoms with E-state index in [1.165, 1.54) is 49.6 Å². The standard InChI is InChI=1S/C19H17F2NO6/c1-26-16-8-13(4-7-15(16)28-19(20)21)9-22-17(24)11-27-18(25)14-5-2-12(10-23)3-6-14/h2-8,10,19H,9,11H2,1H3,(H,22,24). The lowest BCUT2D eigenvalue weighted by Crippen LogP contribution is -2.28. The zero-order chi connectivity index (χ0) is 20.5. The van der Waals surface area contributed by atoms with Gasteiger partial charge in [0.05, 0.1) is 12.7 Å². The first-order chi connectivity index (χ1) is 13.4. The Bertz CT molecular complexity index is 839. The summed E-state index contributed by atoms with van der Waals surface area (Å²) >= 11 is 0. The van der Waals surface area contributed by atoms with E-state index < -0.39 is 25.1 Å². The fourth-order valence-corrected chi connectivity index (χ4v) is 2.18. The van der Waals surface area contributed by atoms with Crippen molar-refractivity contribution >= 4 is 18.2 Å². The first kappa shape index (κ1) is 20.8. The SMILES string of the molecule is COc1cc(CNC(=O)COC(=O)c2ccc(C=O)cc2)ccc1OC(F)F. The number of carbonyl (C=O) groups excluding carboxylic acids is 3. The van der Waals surface area contributed by atoms with Crippen molar-refractivity contribution in [3.05, 3.63) is 59.2 Å². The van der Waals surface area contributed by atoms with Crippen molar-refractivity contribution in [3.63, 3.8) is 0 Å². The van der Waals surface area contributed by atoms with Gasteiger partial charge in [-0.05, 0) is 29.8 Å². The lowest BCUT2D eigenvalue weighted by atomic mass is 10.1. The first-order valence-corrected chi connectivity index (χ1v) is 8.03. The Morgan fingerprint density at radius 2 is 1.82 bits per heavy atom. The Morgan fingerprint density at radius 3 is 2.43 bits per heavy atom. The average Bonchev–Trinajstić information content (AvgIpc) is 2.70. The molecule has 0 saturated carbocycles. The molecular formula is C19H17F2NO6. The normalized spacial score (nSPS) is 10.3. The van der Waals surface area contributed by atoms with Crippen LogP contribution in [0.3, 0.4) is 0 Å². The van der Waals surface area contributed by atoms with Crippen LogP contribution in [-0.4, -0.2) is 38.5 Å². The molecule has 28 heavy (non-hydrogen) atoms. The van der Waals surface area contributed by atoms with E-state index >= 15 is 0 Å². The summed E-state index contributed by atoms with van der Waals surface area (Å²) in [6.45, 7) is -3.42. The molecule has 2 aromatic rings. The van der Waals surface area contributed by atoms with Crippen molar-refractivity contribution in [3.8, 4) is 11.5 Å². The molecule has 1 amide bonds. The lowest BCUT2D eigenvalue weighted by Gasteiger charge is -2.12. The van der Waals surface area contributed by atoms with Crippen LogP contribution in [0, 0.1) is 0 Å². The van der Waals surface area contributed by atoms with Gasteiger partial charge in [0.25, 0.3) is 5.91 Å². The van der Waals surface area contributed by atoms with Crippen LogP contribution in [-0.2, 0) is 16.1 Å². The van der Waals surface area contributed by atoms with E-state index in [4.69, 9.17) is 9.47 Å². The predicted molar refractivity (Wildman–Crippen MR) is 93.6 cm³/mol. The number of rotatable bonds is 9. The van der Waals surface area contributed by atoms with Crippen molar-refractivity contribution in [2.24, 2.45) is 0 Å². The predicted octanol–water partition coefficient (Wildman–Crippen LogP) is 2.58. The van der Waals surface area contributed by atoms with E-state index in [1.54, 1.807) is 0 Å². The quantitative estimate of drug-likeness (QED) is 0.520. The Labute approximate surface area is 159 Å². The number of carbonyl (C=O) groups is 3. The molecule has 0 aliphatic rings. The van der Waals surface area contributed by atoms with Gasteiger partial charge in [0.15, 0.2) is 18.1 Å². The van der Waals surface area contributed by atoms with Crippen LogP contribution in [0.1, 0.15) is 26.3 Å². The highest BCUT2D eigenvalue weighted by atomic mass is 19.3. The molecule has 0 aromatic heterocycles. The highest BCUT2D eigenvalue weighted by Crippen LogP contribution is 2.29. The summed E-state index contributed by atoms with van der Waals surface area (Å²) in [4.78, 5) is 34.3. The number of nitrogens with one attached hydrogen (secondary N) is 1. The Balaban J connectivity index is 1.84. The van der Waals surface area contributed by atoms with Crippen LogP contribution in [0.2, 0.25) is 0 Å². The van der Waals surface area contributed by atoms with Gasteiger partial charge in [-0.3, -0.25) is 9.59 Å². The van der Waals surface area contributed by atoms with Gasteiger partial charge in [0.1, 0.15) is 6.29 Å². The van der Waals surface area contributed by atoms with Crippen LogP contribution in [0.4, 0.5) is 8.78 Å². The van der Waals surface area contributed by atoms with Crippen molar-refractivity contribution in [2.75, 3.05) is 13.7 Å². The molecule has 0 heterocycles. The summed E-state index contributed by atoms with van der Waals surface area (Å²) in [6, 6.07) is 9.98. The van der Waals surface area contributed by atoms with Gasteiger partial charge in [-0.1, -0.05) is 18.2 Å². The summed E-state index contributed by atoms with van der Waals surface area (Å²) in [5.41, 5.74) is 1.19. The molecule has 2 rings (SSSR count). The van der Waals surface area contributed by atoms with Crippen LogP contribution < -0.4 is 14.8 Å². The highest BCUT2D eigenvalue weighted by Gasteiger charge is 2.13. The number of halogens is 2. The monoisotopic (exact) mass is 393 g/mol. The summed E-state index contributed by atoms with van der Waals surface area (Å²) in [5.74, 6) is -1.29. The third-order valence-electron chi connectivity index (χ3n) is 3.55. The molecule has 0 aliphatic heterocycles. The second-order valence-corrected chi connectivity index (χ2v) is 5.46. The van der Waals surface area contributed by atoms with Crippen molar-refractivity contribution in [1.29, 1.82) is 0 Å². The number of benzene rings is 2. The van der Waals surface area contributed by atoms with E-state index in [0.29, 0.717) is 17.4 Å². The molecule has 0 unspecified atom stereocenters. The second-order valence-electron chi connectivity index (χ2n) is 5.46. The van der Waals surface area contributed by atoms with Gasteiger partial charge >= 0.3 is 12.6 Å². The number of aldehydes is 1. The molecule has 148 valence electrons. The minimum atomic E-state index is -2.98. The summed E-state index contributed by atoms with van der Waals surface area (Å²) in [6.07, 6.45) is 0.643. The first-order valence-electron chi connectivity index (χ1n) is 8.03.